The molecule has 0 atom stereocenters. The van der Waals surface area contributed by atoms with Gasteiger partial charge in [-0.05, 0) is 53.2 Å². The van der Waals surface area contributed by atoms with Crippen molar-refractivity contribution in [2.45, 2.75) is 12.7 Å². The molecule has 0 spiro atoms. The molecule has 194 valence electrons. The molecule has 2 aliphatic rings. The summed E-state index contributed by atoms with van der Waals surface area (Å²) in [6.07, 6.45) is -1.08. The number of aliphatic imine (C=N–C) groups is 1. The molecule has 1 amide bonds. The highest BCUT2D eigenvalue weighted by molar-refractivity contribution is 9.10. The number of halogens is 4. The number of hydrogen-bond acceptors (Lipinski definition) is 6. The number of rotatable bonds is 5. The molecular formula is C25H23BrF3N5O2S. The maximum absolute atomic E-state index is 13.5. The van der Waals surface area contributed by atoms with E-state index in [0.717, 1.165) is 43.2 Å². The maximum atomic E-state index is 13.5. The Balaban J connectivity index is 1.31. The van der Waals surface area contributed by atoms with Crippen molar-refractivity contribution in [1.82, 2.24) is 19.6 Å². The summed E-state index contributed by atoms with van der Waals surface area (Å²) in [7, 11) is 0. The predicted molar refractivity (Wildman–Crippen MR) is 141 cm³/mol. The molecule has 0 saturated carbocycles. The molecule has 3 heterocycles. The zero-order valence-electron chi connectivity index (χ0n) is 19.6. The van der Waals surface area contributed by atoms with Crippen molar-refractivity contribution < 1.29 is 23.1 Å². The molecule has 37 heavy (non-hydrogen) atoms. The summed E-state index contributed by atoms with van der Waals surface area (Å²) in [5.41, 5.74) is 0.906. The lowest BCUT2D eigenvalue weighted by molar-refractivity contribution is -0.138. The van der Waals surface area contributed by atoms with Crippen LogP contribution in [0.2, 0.25) is 0 Å². The fourth-order valence-electron chi connectivity index (χ4n) is 4.42. The summed E-state index contributed by atoms with van der Waals surface area (Å²) in [4.78, 5) is 21.5. The minimum absolute atomic E-state index is 0.0246. The van der Waals surface area contributed by atoms with Gasteiger partial charge in [-0.15, -0.1) is 0 Å². The lowest BCUT2D eigenvalue weighted by Crippen LogP contribution is -2.48. The maximum Gasteiger partial charge on any atom is 0.416 e. The van der Waals surface area contributed by atoms with Crippen LogP contribution in [0.3, 0.4) is 0 Å². The first kappa shape index (κ1) is 26.0. The van der Waals surface area contributed by atoms with Crippen molar-refractivity contribution in [3.63, 3.8) is 0 Å². The molecule has 3 aromatic rings. The van der Waals surface area contributed by atoms with Gasteiger partial charge in [-0.3, -0.25) is 14.4 Å². The molecule has 0 radical (unpaired) electrons. The van der Waals surface area contributed by atoms with Gasteiger partial charge in [-0.1, -0.05) is 28.1 Å². The first-order chi connectivity index (χ1) is 17.7. The van der Waals surface area contributed by atoms with E-state index in [-0.39, 0.29) is 24.6 Å². The van der Waals surface area contributed by atoms with Gasteiger partial charge in [0.05, 0.1) is 35.3 Å². The topological polar surface area (TPSA) is 74.0 Å². The lowest BCUT2D eigenvalue weighted by Gasteiger charge is -2.34. The van der Waals surface area contributed by atoms with Gasteiger partial charge in [0.2, 0.25) is 0 Å². The number of carbonyl (C=O) groups excluding carboxylic acids is 1. The van der Waals surface area contributed by atoms with Crippen LogP contribution in [0.15, 0.2) is 57.0 Å². The number of amidine groups is 1. The number of β-amino-alcohol motifs (C(OH)–C–C–N with tert-alkyl or cyclic N) is 1. The highest BCUT2D eigenvalue weighted by Gasteiger charge is 2.33. The van der Waals surface area contributed by atoms with E-state index in [0.29, 0.717) is 26.6 Å². The zero-order valence-corrected chi connectivity index (χ0v) is 22.0. The number of benzene rings is 2. The summed E-state index contributed by atoms with van der Waals surface area (Å²) in [6.45, 7) is 3.84. The van der Waals surface area contributed by atoms with Gasteiger partial charge < -0.3 is 10.0 Å². The molecule has 2 aliphatic heterocycles. The van der Waals surface area contributed by atoms with Gasteiger partial charge in [0.25, 0.3) is 5.91 Å². The van der Waals surface area contributed by atoms with Crippen LogP contribution in [-0.2, 0) is 17.5 Å². The quantitative estimate of drug-likeness (QED) is 0.441. The van der Waals surface area contributed by atoms with Gasteiger partial charge >= 0.3 is 6.18 Å². The smallest absolute Gasteiger partial charge is 0.395 e. The lowest BCUT2D eigenvalue weighted by atomic mass is 10.1. The summed E-state index contributed by atoms with van der Waals surface area (Å²) in [5, 5.41) is 14.9. The fraction of sp³-hybridized carbons (Fsp3) is 0.320. The Morgan fingerprint density at radius 2 is 1.89 bits per heavy atom. The minimum Gasteiger partial charge on any atom is -0.395 e. The third-order valence-corrected chi connectivity index (χ3v) is 7.87. The number of thioether (sulfide) groups is 1. The second kappa shape index (κ2) is 10.6. The van der Waals surface area contributed by atoms with E-state index in [4.69, 9.17) is 5.11 Å². The molecule has 0 unspecified atom stereocenters. The molecular weight excluding hydrogens is 571 g/mol. The largest absolute Gasteiger partial charge is 0.416 e. The van der Waals surface area contributed by atoms with E-state index in [9.17, 15) is 18.0 Å². The Hall–Kier alpha value is -2.67. The Morgan fingerprint density at radius 3 is 2.62 bits per heavy atom. The number of alkyl halides is 3. The number of fused-ring (bicyclic) bond motifs is 1. The summed E-state index contributed by atoms with van der Waals surface area (Å²) in [5.74, 6) is -0.288. The number of carbonyl (C=O) groups is 1. The van der Waals surface area contributed by atoms with Gasteiger partial charge in [-0.2, -0.15) is 23.3 Å². The van der Waals surface area contributed by atoms with Crippen LogP contribution < -0.4 is 0 Å². The number of aliphatic hydroxyl groups is 1. The third kappa shape index (κ3) is 5.77. The highest BCUT2D eigenvalue weighted by atomic mass is 79.9. The molecule has 1 N–H and O–H groups in total. The Labute approximate surface area is 223 Å². The van der Waals surface area contributed by atoms with E-state index in [2.05, 4.69) is 35.8 Å². The van der Waals surface area contributed by atoms with E-state index in [1.165, 1.54) is 22.5 Å². The molecule has 1 saturated heterocycles. The van der Waals surface area contributed by atoms with E-state index >= 15 is 0 Å². The normalized spacial score (nSPS) is 18.3. The van der Waals surface area contributed by atoms with Crippen molar-refractivity contribution in [2.24, 2.45) is 4.99 Å². The van der Waals surface area contributed by atoms with Crippen LogP contribution in [0, 0.1) is 0 Å². The number of amides is 1. The van der Waals surface area contributed by atoms with Crippen LogP contribution >= 0.6 is 27.7 Å². The number of aromatic nitrogens is 2. The van der Waals surface area contributed by atoms with Crippen molar-refractivity contribution >= 4 is 55.7 Å². The molecule has 12 heteroatoms. The monoisotopic (exact) mass is 593 g/mol. The Bertz CT molecular complexity index is 1400. The van der Waals surface area contributed by atoms with Gasteiger partial charge in [-0.25, -0.2) is 0 Å². The SMILES string of the molecule is O=C1N=C(N2CCN(CCO)CC2)SC1=Cc1ccc2c(cnn2Cc2ccc(Br)cc2C(F)(F)F)c1. The molecule has 1 fully saturated rings. The van der Waals surface area contributed by atoms with Crippen LogP contribution in [0.5, 0.6) is 0 Å². The second-order valence-electron chi connectivity index (χ2n) is 8.78. The number of hydrogen-bond donors (Lipinski definition) is 1. The Kier molecular flexibility index (Phi) is 7.44. The van der Waals surface area contributed by atoms with Crippen LogP contribution in [0.25, 0.3) is 17.0 Å². The molecule has 1 aromatic heterocycles. The zero-order chi connectivity index (χ0) is 26.2. The summed E-state index contributed by atoms with van der Waals surface area (Å²) in [6, 6.07) is 9.59. The molecule has 0 bridgehead atoms. The van der Waals surface area contributed by atoms with Crippen LogP contribution in [0.4, 0.5) is 13.2 Å². The highest BCUT2D eigenvalue weighted by Crippen LogP contribution is 2.35. The first-order valence-corrected chi connectivity index (χ1v) is 13.2. The first-order valence-electron chi connectivity index (χ1n) is 11.6. The number of piperazine rings is 1. The van der Waals surface area contributed by atoms with Crippen molar-refractivity contribution in [2.75, 3.05) is 39.3 Å². The van der Waals surface area contributed by atoms with E-state index < -0.39 is 11.7 Å². The van der Waals surface area contributed by atoms with E-state index in [1.807, 2.05) is 12.1 Å². The van der Waals surface area contributed by atoms with Crippen molar-refractivity contribution in [3.8, 4) is 0 Å². The van der Waals surface area contributed by atoms with Gasteiger partial charge in [0.15, 0.2) is 5.17 Å². The molecule has 2 aromatic carbocycles. The Morgan fingerprint density at radius 1 is 1.11 bits per heavy atom. The predicted octanol–water partition coefficient (Wildman–Crippen LogP) is 4.45. The van der Waals surface area contributed by atoms with E-state index in [1.54, 1.807) is 24.4 Å². The van der Waals surface area contributed by atoms with Crippen molar-refractivity contribution in [1.29, 1.82) is 0 Å². The summed E-state index contributed by atoms with van der Waals surface area (Å²) < 4.78 is 42.5. The molecule has 5 rings (SSSR count). The van der Waals surface area contributed by atoms with Gasteiger partial charge in [0, 0.05) is 42.6 Å². The number of nitrogens with zero attached hydrogens (tertiary/aromatic N) is 5. The average molecular weight is 594 g/mol. The second-order valence-corrected chi connectivity index (χ2v) is 10.7. The molecule has 7 nitrogen and oxygen atoms in total. The molecule has 0 aliphatic carbocycles. The standard InChI is InChI=1S/C25H23BrF3N5O2S/c26-19-3-2-17(20(13-19)25(27,28)29)15-34-21-4-1-16(11-18(21)14-30-34)12-22-23(36)31-24(37-22)33-7-5-32(6-8-33)9-10-35/h1-4,11-14,35H,5-10,15H2. The number of aliphatic hydroxyl groups excluding tert-OH is 1. The van der Waals surface area contributed by atoms with Crippen molar-refractivity contribution in [3.05, 3.63) is 68.7 Å². The summed E-state index contributed by atoms with van der Waals surface area (Å²) >= 11 is 4.45. The minimum atomic E-state index is -4.47. The fourth-order valence-corrected chi connectivity index (χ4v) is 5.75. The van der Waals surface area contributed by atoms with Crippen LogP contribution in [-0.4, -0.2) is 75.1 Å². The van der Waals surface area contributed by atoms with Crippen LogP contribution in [0.1, 0.15) is 16.7 Å². The van der Waals surface area contributed by atoms with Gasteiger partial charge in [0.1, 0.15) is 0 Å². The average Bonchev–Trinajstić information content (AvgIpc) is 3.43. The third-order valence-electron chi connectivity index (χ3n) is 6.33.